The number of morpholine rings is 1. The van der Waals surface area contributed by atoms with Gasteiger partial charge < -0.3 is 14.4 Å². The SMILES string of the molecule is Cc1ccccc1COc1ccc(/C=C2/C(=N)N3N=C(CC(=O)N4CCOCC4)SC3=NC2=O)cc1Cl. The zero-order chi connectivity index (χ0) is 25.9. The fourth-order valence-electron chi connectivity index (χ4n) is 3.98. The van der Waals surface area contributed by atoms with Crippen molar-refractivity contribution in [2.24, 2.45) is 10.1 Å². The van der Waals surface area contributed by atoms with Crippen LogP contribution < -0.4 is 4.74 Å². The average Bonchev–Trinajstić information content (AvgIpc) is 3.29. The van der Waals surface area contributed by atoms with Crippen molar-refractivity contribution >= 4 is 57.3 Å². The Balaban J connectivity index is 1.28. The fraction of sp³-hybridized carbons (Fsp3) is 0.269. The van der Waals surface area contributed by atoms with Gasteiger partial charge in [-0.05, 0) is 53.6 Å². The van der Waals surface area contributed by atoms with E-state index in [0.717, 1.165) is 22.9 Å². The first-order valence-electron chi connectivity index (χ1n) is 11.7. The molecule has 0 aliphatic carbocycles. The number of carbonyl (C=O) groups excluding carboxylic acids is 2. The number of hydrogen-bond acceptors (Lipinski definition) is 7. The largest absolute Gasteiger partial charge is 0.487 e. The number of benzene rings is 2. The summed E-state index contributed by atoms with van der Waals surface area (Å²) in [4.78, 5) is 31.1. The summed E-state index contributed by atoms with van der Waals surface area (Å²) in [7, 11) is 0. The smallest absolute Gasteiger partial charge is 0.283 e. The van der Waals surface area contributed by atoms with Gasteiger partial charge >= 0.3 is 0 Å². The van der Waals surface area contributed by atoms with Crippen LogP contribution in [0.3, 0.4) is 0 Å². The third-order valence-corrected chi connectivity index (χ3v) is 7.28. The highest BCUT2D eigenvalue weighted by molar-refractivity contribution is 8.27. The van der Waals surface area contributed by atoms with Crippen LogP contribution in [0.5, 0.6) is 5.75 Å². The van der Waals surface area contributed by atoms with Crippen molar-refractivity contribution in [3.8, 4) is 5.75 Å². The number of nitrogens with one attached hydrogen (secondary N) is 1. The maximum Gasteiger partial charge on any atom is 0.283 e. The first-order valence-corrected chi connectivity index (χ1v) is 12.9. The Morgan fingerprint density at radius 2 is 2.03 bits per heavy atom. The zero-order valence-corrected chi connectivity index (χ0v) is 21.6. The molecule has 0 unspecified atom stereocenters. The van der Waals surface area contributed by atoms with E-state index in [4.69, 9.17) is 26.5 Å². The Bertz CT molecular complexity index is 1370. The van der Waals surface area contributed by atoms with Crippen LogP contribution in [0.15, 0.2) is 58.1 Å². The maximum absolute atomic E-state index is 12.7. The van der Waals surface area contributed by atoms with Gasteiger partial charge in [0.2, 0.25) is 11.1 Å². The molecule has 2 aromatic rings. The molecular weight excluding hydrogens is 514 g/mol. The molecule has 2 amide bonds. The number of carbonyl (C=O) groups is 2. The van der Waals surface area contributed by atoms with Crippen LogP contribution in [-0.2, 0) is 20.9 Å². The number of fused-ring (bicyclic) bond motifs is 1. The number of aryl methyl sites for hydroxylation is 1. The van der Waals surface area contributed by atoms with Gasteiger partial charge in [0.05, 0.1) is 30.2 Å². The number of ether oxygens (including phenoxy) is 2. The molecule has 9 nitrogen and oxygen atoms in total. The monoisotopic (exact) mass is 537 g/mol. The topological polar surface area (TPSA) is 108 Å². The predicted octanol–water partition coefficient (Wildman–Crippen LogP) is 4.10. The third kappa shape index (κ3) is 5.61. The zero-order valence-electron chi connectivity index (χ0n) is 20.1. The molecule has 11 heteroatoms. The Kier molecular flexibility index (Phi) is 7.40. The molecule has 5 rings (SSSR count). The Morgan fingerprint density at radius 3 is 2.78 bits per heavy atom. The quantitative estimate of drug-likeness (QED) is 0.556. The van der Waals surface area contributed by atoms with E-state index >= 15 is 0 Å². The Labute approximate surface area is 223 Å². The van der Waals surface area contributed by atoms with Gasteiger partial charge in [-0.1, -0.05) is 41.9 Å². The lowest BCUT2D eigenvalue weighted by Crippen LogP contribution is -2.41. The molecule has 0 aromatic heterocycles. The normalized spacial score (nSPS) is 18.6. The van der Waals surface area contributed by atoms with Crippen LogP contribution in [0.4, 0.5) is 0 Å². The van der Waals surface area contributed by atoms with E-state index in [1.165, 1.54) is 5.01 Å². The second kappa shape index (κ2) is 10.9. The summed E-state index contributed by atoms with van der Waals surface area (Å²) >= 11 is 7.58. The maximum atomic E-state index is 12.7. The summed E-state index contributed by atoms with van der Waals surface area (Å²) in [6.07, 6.45) is 1.64. The molecule has 1 N–H and O–H groups in total. The van der Waals surface area contributed by atoms with Crippen LogP contribution in [0.1, 0.15) is 23.1 Å². The second-order valence-electron chi connectivity index (χ2n) is 8.59. The van der Waals surface area contributed by atoms with Gasteiger partial charge in [0.15, 0.2) is 5.84 Å². The Hall–Kier alpha value is -3.47. The number of rotatable bonds is 6. The molecular formula is C26H24ClN5O4S. The molecule has 3 aliphatic rings. The van der Waals surface area contributed by atoms with Gasteiger partial charge in [-0.3, -0.25) is 15.0 Å². The highest BCUT2D eigenvalue weighted by atomic mass is 35.5. The first-order chi connectivity index (χ1) is 17.9. The van der Waals surface area contributed by atoms with Crippen LogP contribution in [0, 0.1) is 12.3 Å². The molecule has 0 spiro atoms. The summed E-state index contributed by atoms with van der Waals surface area (Å²) in [5, 5.41) is 15.4. The molecule has 2 aromatic carbocycles. The number of hydrazone groups is 1. The van der Waals surface area contributed by atoms with Gasteiger partial charge in [0.25, 0.3) is 5.91 Å². The lowest BCUT2D eigenvalue weighted by atomic mass is 10.1. The molecule has 37 heavy (non-hydrogen) atoms. The van der Waals surface area contributed by atoms with Crippen molar-refractivity contribution in [1.29, 1.82) is 5.41 Å². The summed E-state index contributed by atoms with van der Waals surface area (Å²) in [6, 6.07) is 13.1. The van der Waals surface area contributed by atoms with Gasteiger partial charge in [0, 0.05) is 13.1 Å². The van der Waals surface area contributed by atoms with Crippen molar-refractivity contribution < 1.29 is 19.1 Å². The van der Waals surface area contributed by atoms with E-state index < -0.39 is 5.91 Å². The lowest BCUT2D eigenvalue weighted by Gasteiger charge is -2.26. The van der Waals surface area contributed by atoms with E-state index in [0.29, 0.717) is 54.3 Å². The number of thioether (sulfide) groups is 1. The van der Waals surface area contributed by atoms with Crippen molar-refractivity contribution in [2.75, 3.05) is 26.3 Å². The second-order valence-corrected chi connectivity index (χ2v) is 10.0. The highest BCUT2D eigenvalue weighted by Crippen LogP contribution is 2.31. The lowest BCUT2D eigenvalue weighted by molar-refractivity contribution is -0.133. The molecule has 0 bridgehead atoms. The number of halogens is 1. The van der Waals surface area contributed by atoms with Crippen molar-refractivity contribution in [1.82, 2.24) is 9.91 Å². The van der Waals surface area contributed by atoms with E-state index in [1.807, 2.05) is 31.2 Å². The van der Waals surface area contributed by atoms with E-state index in [2.05, 4.69) is 10.1 Å². The average molecular weight is 538 g/mol. The summed E-state index contributed by atoms with van der Waals surface area (Å²) < 4.78 is 11.2. The number of aliphatic imine (C=N–C) groups is 1. The van der Waals surface area contributed by atoms with Crippen molar-refractivity contribution in [2.45, 2.75) is 20.0 Å². The number of amides is 2. The molecule has 1 fully saturated rings. The van der Waals surface area contributed by atoms with E-state index in [1.54, 1.807) is 29.2 Å². The number of nitrogens with zero attached hydrogens (tertiary/aromatic N) is 4. The molecule has 3 aliphatic heterocycles. The molecule has 0 radical (unpaired) electrons. The summed E-state index contributed by atoms with van der Waals surface area (Å²) in [5.74, 6) is -0.196. The van der Waals surface area contributed by atoms with Gasteiger partial charge in [-0.25, -0.2) is 0 Å². The number of amidine groups is 2. The van der Waals surface area contributed by atoms with Gasteiger partial charge in [0.1, 0.15) is 17.4 Å². The minimum absolute atomic E-state index is 0.0667. The van der Waals surface area contributed by atoms with Crippen molar-refractivity contribution in [3.63, 3.8) is 0 Å². The Morgan fingerprint density at radius 1 is 1.24 bits per heavy atom. The van der Waals surface area contributed by atoms with E-state index in [-0.39, 0.29) is 28.9 Å². The van der Waals surface area contributed by atoms with Gasteiger partial charge in [-0.2, -0.15) is 15.1 Å². The summed E-state index contributed by atoms with van der Waals surface area (Å²) in [6.45, 7) is 4.52. The minimum Gasteiger partial charge on any atom is -0.487 e. The molecule has 190 valence electrons. The number of hydrogen-bond donors (Lipinski definition) is 1. The van der Waals surface area contributed by atoms with Crippen LogP contribution >= 0.6 is 23.4 Å². The van der Waals surface area contributed by atoms with Crippen LogP contribution in [0.2, 0.25) is 5.02 Å². The third-order valence-electron chi connectivity index (χ3n) is 6.07. The molecule has 1 saturated heterocycles. The van der Waals surface area contributed by atoms with E-state index in [9.17, 15) is 9.59 Å². The van der Waals surface area contributed by atoms with Crippen LogP contribution in [0.25, 0.3) is 6.08 Å². The fourth-order valence-corrected chi connectivity index (χ4v) is 5.09. The standard InChI is InChI=1S/C26H24ClN5O4S/c1-16-4-2-3-5-18(16)15-36-21-7-6-17(13-20(21)27)12-19-24(28)32-26(29-25(19)34)37-22(30-32)14-23(33)31-8-10-35-11-9-31/h2-7,12-13,28H,8-11,14-15H2,1H3/b19-12-,28-24?. The first kappa shape index (κ1) is 25.2. The molecule has 0 saturated carbocycles. The van der Waals surface area contributed by atoms with Crippen molar-refractivity contribution in [3.05, 3.63) is 69.8 Å². The highest BCUT2D eigenvalue weighted by Gasteiger charge is 2.36. The van der Waals surface area contributed by atoms with Crippen LogP contribution in [-0.4, -0.2) is 64.1 Å². The molecule has 0 atom stereocenters. The predicted molar refractivity (Wildman–Crippen MR) is 144 cm³/mol. The minimum atomic E-state index is -0.546. The summed E-state index contributed by atoms with van der Waals surface area (Å²) in [5.41, 5.74) is 2.90. The van der Waals surface area contributed by atoms with Gasteiger partial charge in [-0.15, -0.1) is 0 Å². The molecule has 3 heterocycles.